The van der Waals surface area contributed by atoms with Crippen LogP contribution in [0.3, 0.4) is 0 Å². The maximum absolute atomic E-state index is 10.7. The Morgan fingerprint density at radius 1 is 1.56 bits per heavy atom. The van der Waals surface area contributed by atoms with Crippen molar-refractivity contribution in [1.29, 1.82) is 0 Å². The molecule has 0 radical (unpaired) electrons. The molecule has 86 valence electrons. The number of carboxylic acid groups (broad SMARTS) is 1. The fraction of sp³-hybridized carbons (Fsp3) is 0.250. The Balaban J connectivity index is 3.30. The summed E-state index contributed by atoms with van der Waals surface area (Å²) in [6.45, 7) is 1.88. The van der Waals surface area contributed by atoms with Crippen LogP contribution in [0.4, 0.5) is 0 Å². The van der Waals surface area contributed by atoms with Gasteiger partial charge < -0.3 is 9.84 Å². The van der Waals surface area contributed by atoms with Crippen LogP contribution >= 0.6 is 11.6 Å². The van der Waals surface area contributed by atoms with Crippen LogP contribution in [0.15, 0.2) is 24.3 Å². The van der Waals surface area contributed by atoms with E-state index in [1.54, 1.807) is 18.2 Å². The van der Waals surface area contributed by atoms with Crippen molar-refractivity contribution in [2.24, 2.45) is 0 Å². The first-order chi connectivity index (χ1) is 7.60. The van der Waals surface area contributed by atoms with E-state index in [0.29, 0.717) is 22.8 Å². The summed E-state index contributed by atoms with van der Waals surface area (Å²) < 4.78 is 5.17. The second-order valence-corrected chi connectivity index (χ2v) is 3.59. The lowest BCUT2D eigenvalue weighted by Gasteiger charge is -2.11. The van der Waals surface area contributed by atoms with Crippen LogP contribution in [-0.4, -0.2) is 18.2 Å². The van der Waals surface area contributed by atoms with Crippen molar-refractivity contribution in [1.82, 2.24) is 0 Å². The standard InChI is InChI=1S/C12H13ClO3/c1-3-8(7-11(14)15)9-5-4-6-10(13)12(9)16-2/h4-7H,3H2,1-2H3,(H,14,15)/b8-7-. The summed E-state index contributed by atoms with van der Waals surface area (Å²) in [5.74, 6) is -0.461. The van der Waals surface area contributed by atoms with Gasteiger partial charge in [-0.2, -0.15) is 0 Å². The van der Waals surface area contributed by atoms with Crippen molar-refractivity contribution in [3.63, 3.8) is 0 Å². The van der Waals surface area contributed by atoms with Crippen molar-refractivity contribution in [3.05, 3.63) is 34.9 Å². The molecule has 0 aliphatic rings. The zero-order valence-electron chi connectivity index (χ0n) is 9.16. The molecule has 0 saturated carbocycles. The molecule has 0 amide bonds. The van der Waals surface area contributed by atoms with Crippen LogP contribution in [0, 0.1) is 0 Å². The summed E-state index contributed by atoms with van der Waals surface area (Å²) in [5.41, 5.74) is 1.41. The number of rotatable bonds is 4. The molecule has 0 atom stereocenters. The van der Waals surface area contributed by atoms with Crippen LogP contribution in [0.2, 0.25) is 5.02 Å². The van der Waals surface area contributed by atoms with Gasteiger partial charge in [0.05, 0.1) is 12.1 Å². The van der Waals surface area contributed by atoms with Gasteiger partial charge in [-0.3, -0.25) is 0 Å². The molecule has 0 saturated heterocycles. The van der Waals surface area contributed by atoms with E-state index in [-0.39, 0.29) is 0 Å². The molecule has 3 nitrogen and oxygen atoms in total. The molecule has 0 spiro atoms. The van der Waals surface area contributed by atoms with Gasteiger partial charge in [-0.05, 0) is 18.1 Å². The van der Waals surface area contributed by atoms with Crippen molar-refractivity contribution in [2.75, 3.05) is 7.11 Å². The highest BCUT2D eigenvalue weighted by atomic mass is 35.5. The number of carboxylic acids is 1. The van der Waals surface area contributed by atoms with E-state index in [1.807, 2.05) is 6.92 Å². The number of benzene rings is 1. The predicted octanol–water partition coefficient (Wildman–Crippen LogP) is 3.23. The van der Waals surface area contributed by atoms with Gasteiger partial charge in [0.2, 0.25) is 0 Å². The molecule has 0 bridgehead atoms. The van der Waals surface area contributed by atoms with Crippen LogP contribution in [0.25, 0.3) is 5.57 Å². The number of hydrogen-bond donors (Lipinski definition) is 1. The van der Waals surface area contributed by atoms with Gasteiger partial charge in [0.1, 0.15) is 5.75 Å². The summed E-state index contributed by atoms with van der Waals surface area (Å²) >= 11 is 5.97. The lowest BCUT2D eigenvalue weighted by atomic mass is 10.0. The average Bonchev–Trinajstić information content (AvgIpc) is 2.25. The monoisotopic (exact) mass is 240 g/mol. The number of halogens is 1. The number of hydrogen-bond acceptors (Lipinski definition) is 2. The fourth-order valence-corrected chi connectivity index (χ4v) is 1.74. The van der Waals surface area contributed by atoms with Crippen LogP contribution in [-0.2, 0) is 4.79 Å². The van der Waals surface area contributed by atoms with E-state index in [1.165, 1.54) is 13.2 Å². The van der Waals surface area contributed by atoms with Crippen molar-refractivity contribution in [3.8, 4) is 5.75 Å². The zero-order valence-corrected chi connectivity index (χ0v) is 9.91. The zero-order chi connectivity index (χ0) is 12.1. The Morgan fingerprint density at radius 2 is 2.25 bits per heavy atom. The third-order valence-electron chi connectivity index (χ3n) is 2.20. The number of para-hydroxylation sites is 1. The third kappa shape index (κ3) is 2.76. The molecule has 0 heterocycles. The number of allylic oxidation sites excluding steroid dienone is 1. The average molecular weight is 241 g/mol. The maximum Gasteiger partial charge on any atom is 0.328 e. The molecule has 1 aromatic rings. The van der Waals surface area contributed by atoms with Gasteiger partial charge in [-0.1, -0.05) is 30.7 Å². The van der Waals surface area contributed by atoms with E-state index in [2.05, 4.69) is 0 Å². The number of ether oxygens (including phenoxy) is 1. The molecule has 0 aliphatic carbocycles. The Kier molecular flexibility index (Phi) is 4.38. The molecule has 16 heavy (non-hydrogen) atoms. The van der Waals surface area contributed by atoms with Crippen molar-refractivity contribution < 1.29 is 14.6 Å². The van der Waals surface area contributed by atoms with Gasteiger partial charge in [0.15, 0.2) is 0 Å². The quantitative estimate of drug-likeness (QED) is 0.822. The number of aliphatic carboxylic acids is 1. The van der Waals surface area contributed by atoms with Crippen LogP contribution in [0.1, 0.15) is 18.9 Å². The van der Waals surface area contributed by atoms with Gasteiger partial charge >= 0.3 is 5.97 Å². The summed E-state index contributed by atoms with van der Waals surface area (Å²) in [7, 11) is 1.51. The Morgan fingerprint density at radius 3 is 2.75 bits per heavy atom. The Hall–Kier alpha value is -1.48. The van der Waals surface area contributed by atoms with E-state index < -0.39 is 5.97 Å². The molecule has 1 rings (SSSR count). The molecule has 0 aromatic heterocycles. The number of methoxy groups -OCH3 is 1. The van der Waals surface area contributed by atoms with Gasteiger partial charge in [-0.15, -0.1) is 0 Å². The maximum atomic E-state index is 10.7. The highest BCUT2D eigenvalue weighted by Gasteiger charge is 2.11. The minimum atomic E-state index is -0.973. The molecule has 0 unspecified atom stereocenters. The SMILES string of the molecule is CC/C(=C/C(=O)O)c1cccc(Cl)c1OC. The Labute approximate surface area is 99.3 Å². The van der Waals surface area contributed by atoms with E-state index in [9.17, 15) is 4.79 Å². The van der Waals surface area contributed by atoms with Crippen molar-refractivity contribution in [2.45, 2.75) is 13.3 Å². The summed E-state index contributed by atoms with van der Waals surface area (Å²) in [5, 5.41) is 9.24. The van der Waals surface area contributed by atoms with Gasteiger partial charge in [0.25, 0.3) is 0 Å². The Bertz CT molecular complexity index is 424. The first-order valence-corrected chi connectivity index (χ1v) is 5.24. The molecular formula is C12H13ClO3. The third-order valence-corrected chi connectivity index (χ3v) is 2.49. The highest BCUT2D eigenvalue weighted by Crippen LogP contribution is 2.34. The minimum Gasteiger partial charge on any atom is -0.495 e. The van der Waals surface area contributed by atoms with Crippen LogP contribution in [0.5, 0.6) is 5.75 Å². The lowest BCUT2D eigenvalue weighted by Crippen LogP contribution is -1.95. The van der Waals surface area contributed by atoms with Crippen molar-refractivity contribution >= 4 is 23.1 Å². The van der Waals surface area contributed by atoms with Gasteiger partial charge in [-0.25, -0.2) is 4.79 Å². The summed E-state index contributed by atoms with van der Waals surface area (Å²) in [6, 6.07) is 5.27. The molecule has 1 N–H and O–H groups in total. The van der Waals surface area contributed by atoms with Crippen LogP contribution < -0.4 is 4.74 Å². The molecular weight excluding hydrogens is 228 g/mol. The largest absolute Gasteiger partial charge is 0.495 e. The predicted molar refractivity (Wildman–Crippen MR) is 63.9 cm³/mol. The first kappa shape index (κ1) is 12.6. The second kappa shape index (κ2) is 5.56. The van der Waals surface area contributed by atoms with E-state index in [0.717, 1.165) is 5.56 Å². The fourth-order valence-electron chi connectivity index (χ4n) is 1.49. The first-order valence-electron chi connectivity index (χ1n) is 4.86. The normalized spacial score (nSPS) is 11.3. The molecule has 4 heteroatoms. The molecule has 0 fully saturated rings. The number of carbonyl (C=O) groups is 1. The van der Waals surface area contributed by atoms with E-state index in [4.69, 9.17) is 21.4 Å². The highest BCUT2D eigenvalue weighted by molar-refractivity contribution is 6.32. The smallest absolute Gasteiger partial charge is 0.328 e. The summed E-state index contributed by atoms with van der Waals surface area (Å²) in [4.78, 5) is 10.7. The minimum absolute atomic E-state index is 0.477. The topological polar surface area (TPSA) is 46.5 Å². The molecule has 0 aliphatic heterocycles. The van der Waals surface area contributed by atoms with Gasteiger partial charge in [0, 0.05) is 11.6 Å². The molecule has 1 aromatic carbocycles. The lowest BCUT2D eigenvalue weighted by molar-refractivity contribution is -0.131. The second-order valence-electron chi connectivity index (χ2n) is 3.18. The van der Waals surface area contributed by atoms with E-state index >= 15 is 0 Å². The summed E-state index contributed by atoms with van der Waals surface area (Å²) in [6.07, 6.45) is 1.77.